The van der Waals surface area contributed by atoms with Crippen molar-refractivity contribution in [3.8, 4) is 0 Å². The molecule has 0 bridgehead atoms. The van der Waals surface area contributed by atoms with E-state index < -0.39 is 5.60 Å². The van der Waals surface area contributed by atoms with Crippen LogP contribution in [0.25, 0.3) is 0 Å². The molecule has 0 amide bonds. The Morgan fingerprint density at radius 1 is 1.67 bits per heavy atom. The molecule has 1 aliphatic rings. The van der Waals surface area contributed by atoms with E-state index in [-0.39, 0.29) is 0 Å². The van der Waals surface area contributed by atoms with Crippen LogP contribution in [0.15, 0.2) is 0 Å². The summed E-state index contributed by atoms with van der Waals surface area (Å²) in [5.74, 6) is 0. The maximum atomic E-state index is 9.50. The van der Waals surface area contributed by atoms with Crippen LogP contribution >= 0.6 is 0 Å². The van der Waals surface area contributed by atoms with E-state index in [0.717, 1.165) is 19.4 Å². The van der Waals surface area contributed by atoms with Gasteiger partial charge in [-0.15, -0.1) is 0 Å². The lowest BCUT2D eigenvalue weighted by Gasteiger charge is -2.32. The quantitative estimate of drug-likeness (QED) is 0.499. The summed E-state index contributed by atoms with van der Waals surface area (Å²) in [6, 6.07) is 0.480. The van der Waals surface area contributed by atoms with Gasteiger partial charge in [0.25, 0.3) is 0 Å². The van der Waals surface area contributed by atoms with E-state index >= 15 is 0 Å². The third-order valence-electron chi connectivity index (χ3n) is 1.90. The van der Waals surface area contributed by atoms with Crippen LogP contribution in [0.5, 0.6) is 0 Å². The van der Waals surface area contributed by atoms with Gasteiger partial charge in [0, 0.05) is 6.04 Å². The van der Waals surface area contributed by atoms with Gasteiger partial charge in [0.15, 0.2) is 0 Å². The number of hydrogen-bond donors (Lipinski definition) is 2. The molecule has 1 aliphatic heterocycles. The van der Waals surface area contributed by atoms with Crippen LogP contribution in [0.4, 0.5) is 0 Å². The fourth-order valence-corrected chi connectivity index (χ4v) is 1.42. The number of aliphatic hydroxyl groups is 1. The Labute approximate surface area is 56.3 Å². The molecule has 0 saturated carbocycles. The standard InChI is InChI=1S/C7H15NO/c1-6-5-7(2,9)3-4-8-6/h6,8-9H,3-5H2,1-2H3/t6-,7+/m0/s1. The minimum Gasteiger partial charge on any atom is -0.390 e. The van der Waals surface area contributed by atoms with E-state index in [1.165, 1.54) is 0 Å². The predicted molar refractivity (Wildman–Crippen MR) is 37.3 cm³/mol. The highest BCUT2D eigenvalue weighted by Crippen LogP contribution is 2.19. The van der Waals surface area contributed by atoms with E-state index in [0.29, 0.717) is 6.04 Å². The second-order valence-corrected chi connectivity index (χ2v) is 3.31. The molecule has 1 heterocycles. The minimum atomic E-state index is -0.412. The van der Waals surface area contributed by atoms with Crippen molar-refractivity contribution in [3.63, 3.8) is 0 Å². The van der Waals surface area contributed by atoms with Crippen molar-refractivity contribution < 1.29 is 5.11 Å². The van der Waals surface area contributed by atoms with Gasteiger partial charge in [-0.25, -0.2) is 0 Å². The molecule has 0 aromatic carbocycles. The number of nitrogens with one attached hydrogen (secondary N) is 1. The fraction of sp³-hybridized carbons (Fsp3) is 1.00. The Balaban J connectivity index is 2.41. The monoisotopic (exact) mass is 129 g/mol. The molecule has 2 N–H and O–H groups in total. The van der Waals surface area contributed by atoms with Gasteiger partial charge >= 0.3 is 0 Å². The third-order valence-corrected chi connectivity index (χ3v) is 1.90. The van der Waals surface area contributed by atoms with Crippen molar-refractivity contribution in [2.24, 2.45) is 0 Å². The molecule has 0 aromatic rings. The molecule has 1 rings (SSSR count). The van der Waals surface area contributed by atoms with Gasteiger partial charge in [-0.2, -0.15) is 0 Å². The van der Waals surface area contributed by atoms with Crippen LogP contribution in [0.3, 0.4) is 0 Å². The topological polar surface area (TPSA) is 32.3 Å². The lowest BCUT2D eigenvalue weighted by molar-refractivity contribution is 0.0162. The van der Waals surface area contributed by atoms with Gasteiger partial charge in [-0.05, 0) is 33.2 Å². The molecule has 0 unspecified atom stereocenters. The molecule has 0 aliphatic carbocycles. The van der Waals surface area contributed by atoms with E-state index in [2.05, 4.69) is 12.2 Å². The Morgan fingerprint density at radius 3 is 2.67 bits per heavy atom. The number of piperidine rings is 1. The molecule has 1 saturated heterocycles. The summed E-state index contributed by atoms with van der Waals surface area (Å²) >= 11 is 0. The highest BCUT2D eigenvalue weighted by molar-refractivity contribution is 4.83. The summed E-state index contributed by atoms with van der Waals surface area (Å²) in [6.07, 6.45) is 1.77. The first-order chi connectivity index (χ1) is 4.10. The van der Waals surface area contributed by atoms with E-state index in [4.69, 9.17) is 0 Å². The Morgan fingerprint density at radius 2 is 2.33 bits per heavy atom. The molecule has 0 aromatic heterocycles. The first-order valence-corrected chi connectivity index (χ1v) is 3.56. The Bertz CT molecular complexity index is 101. The fourth-order valence-electron chi connectivity index (χ4n) is 1.42. The highest BCUT2D eigenvalue weighted by Gasteiger charge is 2.26. The molecule has 9 heavy (non-hydrogen) atoms. The highest BCUT2D eigenvalue weighted by atomic mass is 16.3. The average Bonchev–Trinajstić information content (AvgIpc) is 1.60. The smallest absolute Gasteiger partial charge is 0.0646 e. The van der Waals surface area contributed by atoms with Crippen molar-refractivity contribution >= 4 is 0 Å². The molecule has 0 radical (unpaired) electrons. The normalized spacial score (nSPS) is 45.0. The summed E-state index contributed by atoms with van der Waals surface area (Å²) < 4.78 is 0. The van der Waals surface area contributed by atoms with Gasteiger partial charge < -0.3 is 10.4 Å². The summed E-state index contributed by atoms with van der Waals surface area (Å²) in [6.45, 7) is 4.96. The zero-order valence-electron chi connectivity index (χ0n) is 6.15. The largest absolute Gasteiger partial charge is 0.390 e. The zero-order valence-corrected chi connectivity index (χ0v) is 6.15. The van der Waals surface area contributed by atoms with E-state index in [1.807, 2.05) is 6.92 Å². The summed E-state index contributed by atoms with van der Waals surface area (Å²) in [4.78, 5) is 0. The predicted octanol–water partition coefficient (Wildman–Crippen LogP) is 0.509. The van der Waals surface area contributed by atoms with Crippen molar-refractivity contribution in [3.05, 3.63) is 0 Å². The van der Waals surface area contributed by atoms with Gasteiger partial charge in [0.1, 0.15) is 0 Å². The van der Waals surface area contributed by atoms with Crippen molar-refractivity contribution in [2.75, 3.05) is 6.54 Å². The summed E-state index contributed by atoms with van der Waals surface area (Å²) in [5, 5.41) is 12.8. The van der Waals surface area contributed by atoms with Gasteiger partial charge in [0.2, 0.25) is 0 Å². The minimum absolute atomic E-state index is 0.412. The molecule has 2 nitrogen and oxygen atoms in total. The van der Waals surface area contributed by atoms with Gasteiger partial charge in [-0.3, -0.25) is 0 Å². The van der Waals surface area contributed by atoms with Crippen LogP contribution in [-0.4, -0.2) is 23.3 Å². The maximum absolute atomic E-state index is 9.50. The third kappa shape index (κ3) is 1.95. The van der Waals surface area contributed by atoms with Crippen LogP contribution in [0.1, 0.15) is 26.7 Å². The maximum Gasteiger partial charge on any atom is 0.0646 e. The lowest BCUT2D eigenvalue weighted by atomic mass is 9.91. The summed E-state index contributed by atoms with van der Waals surface area (Å²) in [7, 11) is 0. The number of hydrogen-bond acceptors (Lipinski definition) is 2. The zero-order chi connectivity index (χ0) is 6.91. The van der Waals surface area contributed by atoms with Crippen LogP contribution < -0.4 is 5.32 Å². The van der Waals surface area contributed by atoms with Crippen molar-refractivity contribution in [1.82, 2.24) is 5.32 Å². The Hall–Kier alpha value is -0.0800. The Kier molecular flexibility index (Phi) is 1.78. The first-order valence-electron chi connectivity index (χ1n) is 3.56. The molecule has 54 valence electrons. The van der Waals surface area contributed by atoms with Gasteiger partial charge in [0.05, 0.1) is 5.60 Å². The molecule has 1 fully saturated rings. The SMILES string of the molecule is C[C@H]1C[C@](C)(O)CCN1. The van der Waals surface area contributed by atoms with Crippen molar-refractivity contribution in [2.45, 2.75) is 38.3 Å². The van der Waals surface area contributed by atoms with Crippen molar-refractivity contribution in [1.29, 1.82) is 0 Å². The second kappa shape index (κ2) is 2.27. The lowest BCUT2D eigenvalue weighted by Crippen LogP contribution is -2.44. The van der Waals surface area contributed by atoms with Crippen LogP contribution in [0, 0.1) is 0 Å². The van der Waals surface area contributed by atoms with Crippen LogP contribution in [-0.2, 0) is 0 Å². The molecule has 2 atom stereocenters. The first kappa shape index (κ1) is 7.03. The molecular weight excluding hydrogens is 114 g/mol. The van der Waals surface area contributed by atoms with E-state index in [1.54, 1.807) is 0 Å². The van der Waals surface area contributed by atoms with Gasteiger partial charge in [-0.1, -0.05) is 0 Å². The van der Waals surface area contributed by atoms with E-state index in [9.17, 15) is 5.11 Å². The second-order valence-electron chi connectivity index (χ2n) is 3.31. The molecule has 0 spiro atoms. The molecule has 2 heteroatoms. The summed E-state index contributed by atoms with van der Waals surface area (Å²) in [5.41, 5.74) is -0.412. The van der Waals surface area contributed by atoms with Crippen LogP contribution in [0.2, 0.25) is 0 Å². The average molecular weight is 129 g/mol. The molecular formula is C7H15NO. The number of rotatable bonds is 0.